The minimum Gasteiger partial charge on any atom is -0.322 e. The Bertz CT molecular complexity index is 1130. The van der Waals surface area contributed by atoms with Crippen molar-refractivity contribution in [2.24, 2.45) is 14.1 Å². The van der Waals surface area contributed by atoms with E-state index in [0.717, 1.165) is 17.5 Å². The van der Waals surface area contributed by atoms with Gasteiger partial charge in [-0.15, -0.1) is 0 Å². The van der Waals surface area contributed by atoms with E-state index in [-0.39, 0.29) is 17.5 Å². The van der Waals surface area contributed by atoms with E-state index in [1.165, 1.54) is 0 Å². The van der Waals surface area contributed by atoms with Crippen LogP contribution < -0.4 is 15.9 Å². The minimum absolute atomic E-state index is 0.0379. The summed E-state index contributed by atoms with van der Waals surface area (Å²) in [5.74, 6) is -0.249. The summed E-state index contributed by atoms with van der Waals surface area (Å²) < 4.78 is 3.11. The van der Waals surface area contributed by atoms with E-state index in [1.807, 2.05) is 12.1 Å². The number of amides is 2. The lowest BCUT2D eigenvalue weighted by Crippen LogP contribution is -2.27. The first-order valence-corrected chi connectivity index (χ1v) is 8.83. The van der Waals surface area contributed by atoms with Crippen molar-refractivity contribution in [1.29, 1.82) is 0 Å². The molecule has 1 aromatic heterocycles. The Hall–Kier alpha value is -3.35. The molecule has 4 rings (SSSR count). The monoisotopic (exact) mass is 364 g/mol. The van der Waals surface area contributed by atoms with Crippen LogP contribution in [0.3, 0.4) is 0 Å². The summed E-state index contributed by atoms with van der Waals surface area (Å²) in [5, 5.41) is 2.88. The van der Waals surface area contributed by atoms with Crippen LogP contribution in [0.15, 0.2) is 47.3 Å². The third-order valence-electron chi connectivity index (χ3n) is 5.04. The lowest BCUT2D eigenvalue weighted by Gasteiger charge is -2.19. The molecule has 3 aromatic rings. The van der Waals surface area contributed by atoms with Crippen LogP contribution in [0.5, 0.6) is 0 Å². The number of para-hydroxylation sites is 1. The lowest BCUT2D eigenvalue weighted by atomic mass is 10.1. The number of fused-ring (bicyclic) bond motifs is 1. The highest BCUT2D eigenvalue weighted by atomic mass is 16.2. The zero-order valence-electron chi connectivity index (χ0n) is 15.2. The SMILES string of the molecule is Cn1c(=O)n(C)c2cc(NC(=O)c3ccccc3N3CCCC3=O)ccc21. The van der Waals surface area contributed by atoms with E-state index in [1.54, 1.807) is 58.5 Å². The van der Waals surface area contributed by atoms with Crippen LogP contribution in [-0.2, 0) is 18.9 Å². The zero-order chi connectivity index (χ0) is 19.1. The Morgan fingerprint density at radius 2 is 1.74 bits per heavy atom. The third-order valence-corrected chi connectivity index (χ3v) is 5.04. The number of hydrogen-bond acceptors (Lipinski definition) is 3. The second kappa shape index (κ2) is 6.42. The fourth-order valence-electron chi connectivity index (χ4n) is 3.59. The molecule has 1 aliphatic rings. The quantitative estimate of drug-likeness (QED) is 0.774. The van der Waals surface area contributed by atoms with Gasteiger partial charge in [-0.2, -0.15) is 0 Å². The molecule has 1 aliphatic heterocycles. The molecule has 0 saturated carbocycles. The molecule has 7 nitrogen and oxygen atoms in total. The number of nitrogens with one attached hydrogen (secondary N) is 1. The smallest absolute Gasteiger partial charge is 0.322 e. The number of carbonyl (C=O) groups excluding carboxylic acids is 2. The third kappa shape index (κ3) is 2.81. The Balaban J connectivity index is 1.67. The number of rotatable bonds is 3. The standard InChI is InChI=1S/C20H20N4O3/c1-22-16-10-9-13(12-17(16)23(2)20(22)27)21-19(26)14-6-3-4-7-15(14)24-11-5-8-18(24)25/h3-4,6-7,9-10,12H,5,8,11H2,1-2H3,(H,21,26). The molecule has 0 radical (unpaired) electrons. The van der Waals surface area contributed by atoms with Gasteiger partial charge in [0.2, 0.25) is 5.91 Å². The lowest BCUT2D eigenvalue weighted by molar-refractivity contribution is -0.117. The van der Waals surface area contributed by atoms with E-state index < -0.39 is 0 Å². The number of nitrogens with zero attached hydrogens (tertiary/aromatic N) is 3. The van der Waals surface area contributed by atoms with Gasteiger partial charge in [-0.3, -0.25) is 18.7 Å². The van der Waals surface area contributed by atoms with Crippen LogP contribution >= 0.6 is 0 Å². The highest BCUT2D eigenvalue weighted by Crippen LogP contribution is 2.26. The van der Waals surface area contributed by atoms with Gasteiger partial charge in [-0.1, -0.05) is 12.1 Å². The van der Waals surface area contributed by atoms with Gasteiger partial charge in [-0.25, -0.2) is 4.79 Å². The number of aryl methyl sites for hydroxylation is 2. The summed E-state index contributed by atoms with van der Waals surface area (Å²) in [6.07, 6.45) is 1.31. The van der Waals surface area contributed by atoms with Crippen LogP contribution in [0.2, 0.25) is 0 Å². The molecule has 1 N–H and O–H groups in total. The molecule has 0 unspecified atom stereocenters. The number of anilines is 2. The molecule has 27 heavy (non-hydrogen) atoms. The fourth-order valence-corrected chi connectivity index (χ4v) is 3.59. The van der Waals surface area contributed by atoms with Crippen molar-refractivity contribution in [3.05, 3.63) is 58.5 Å². The first-order valence-electron chi connectivity index (χ1n) is 8.83. The Morgan fingerprint density at radius 3 is 2.48 bits per heavy atom. The molecule has 0 atom stereocenters. The molecular formula is C20H20N4O3. The number of aromatic nitrogens is 2. The Labute approximate surface area is 155 Å². The summed E-state index contributed by atoms with van der Waals surface area (Å²) in [6, 6.07) is 12.5. The molecule has 7 heteroatoms. The van der Waals surface area contributed by atoms with E-state index in [9.17, 15) is 14.4 Å². The molecule has 1 saturated heterocycles. The molecular weight excluding hydrogens is 344 g/mol. The maximum Gasteiger partial charge on any atom is 0.328 e. The topological polar surface area (TPSA) is 76.3 Å². The van der Waals surface area contributed by atoms with Gasteiger partial charge in [0.1, 0.15) is 0 Å². The maximum atomic E-state index is 12.9. The van der Waals surface area contributed by atoms with Crippen molar-refractivity contribution in [3.8, 4) is 0 Å². The molecule has 2 amide bonds. The summed E-state index contributed by atoms with van der Waals surface area (Å²) in [4.78, 5) is 38.7. The normalized spacial score (nSPS) is 14.1. The molecule has 0 aliphatic carbocycles. The van der Waals surface area contributed by atoms with Gasteiger partial charge in [-0.05, 0) is 36.8 Å². The average Bonchev–Trinajstić information content (AvgIpc) is 3.19. The number of hydrogen-bond donors (Lipinski definition) is 1. The molecule has 0 bridgehead atoms. The minimum atomic E-state index is -0.286. The first-order chi connectivity index (χ1) is 13.0. The fraction of sp³-hybridized carbons (Fsp3) is 0.250. The second-order valence-corrected chi connectivity index (χ2v) is 6.72. The predicted octanol–water partition coefficient (Wildman–Crippen LogP) is 2.26. The van der Waals surface area contributed by atoms with Crippen molar-refractivity contribution in [2.75, 3.05) is 16.8 Å². The van der Waals surface area contributed by atoms with Crippen LogP contribution in [-0.4, -0.2) is 27.5 Å². The van der Waals surface area contributed by atoms with E-state index in [4.69, 9.17) is 0 Å². The summed E-state index contributed by atoms with van der Waals surface area (Å²) in [5.41, 5.74) is 3.09. The molecule has 1 fully saturated rings. The van der Waals surface area contributed by atoms with Gasteiger partial charge in [0, 0.05) is 32.7 Å². The van der Waals surface area contributed by atoms with Crippen LogP contribution in [0.4, 0.5) is 11.4 Å². The van der Waals surface area contributed by atoms with Gasteiger partial charge < -0.3 is 10.2 Å². The van der Waals surface area contributed by atoms with Crippen molar-refractivity contribution in [1.82, 2.24) is 9.13 Å². The van der Waals surface area contributed by atoms with Gasteiger partial charge in [0.25, 0.3) is 5.91 Å². The average molecular weight is 364 g/mol. The summed E-state index contributed by atoms with van der Waals surface area (Å²) in [7, 11) is 3.41. The second-order valence-electron chi connectivity index (χ2n) is 6.72. The van der Waals surface area contributed by atoms with Crippen LogP contribution in [0.25, 0.3) is 11.0 Å². The van der Waals surface area contributed by atoms with Crippen molar-refractivity contribution in [2.45, 2.75) is 12.8 Å². The van der Waals surface area contributed by atoms with Crippen LogP contribution in [0.1, 0.15) is 23.2 Å². The Morgan fingerprint density at radius 1 is 1.00 bits per heavy atom. The Kier molecular flexibility index (Phi) is 4.07. The van der Waals surface area contributed by atoms with E-state index in [2.05, 4.69) is 5.32 Å². The highest BCUT2D eigenvalue weighted by molar-refractivity contribution is 6.11. The van der Waals surface area contributed by atoms with Crippen molar-refractivity contribution < 1.29 is 9.59 Å². The molecule has 0 spiro atoms. The maximum absolute atomic E-state index is 12.9. The summed E-state index contributed by atoms with van der Waals surface area (Å²) >= 11 is 0. The van der Waals surface area contributed by atoms with E-state index in [0.29, 0.717) is 29.9 Å². The molecule has 138 valence electrons. The number of benzene rings is 2. The number of carbonyl (C=O) groups is 2. The zero-order valence-corrected chi connectivity index (χ0v) is 15.2. The van der Waals surface area contributed by atoms with Crippen molar-refractivity contribution >= 4 is 34.2 Å². The first kappa shape index (κ1) is 17.1. The molecule has 2 heterocycles. The van der Waals surface area contributed by atoms with E-state index >= 15 is 0 Å². The van der Waals surface area contributed by atoms with Crippen molar-refractivity contribution in [3.63, 3.8) is 0 Å². The predicted molar refractivity (Wildman–Crippen MR) is 104 cm³/mol. The van der Waals surface area contributed by atoms with Gasteiger partial charge in [0.15, 0.2) is 0 Å². The van der Waals surface area contributed by atoms with Gasteiger partial charge in [0.05, 0.1) is 22.3 Å². The highest BCUT2D eigenvalue weighted by Gasteiger charge is 2.25. The van der Waals surface area contributed by atoms with Crippen LogP contribution in [0, 0.1) is 0 Å². The molecule has 2 aromatic carbocycles. The number of imidazole rings is 1. The summed E-state index contributed by atoms with van der Waals surface area (Å²) in [6.45, 7) is 0.626. The largest absolute Gasteiger partial charge is 0.328 e. The van der Waals surface area contributed by atoms with Gasteiger partial charge >= 0.3 is 5.69 Å².